The van der Waals surface area contributed by atoms with Crippen LogP contribution in [0.25, 0.3) is 5.69 Å². The zero-order valence-electron chi connectivity index (χ0n) is 11.4. The van der Waals surface area contributed by atoms with Gasteiger partial charge in [0.25, 0.3) is 0 Å². The predicted molar refractivity (Wildman–Crippen MR) is 68.5 cm³/mol. The zero-order chi connectivity index (χ0) is 15.1. The van der Waals surface area contributed by atoms with Gasteiger partial charge < -0.3 is 5.11 Å². The molecule has 20 heavy (non-hydrogen) atoms. The Morgan fingerprint density at radius 1 is 1.20 bits per heavy atom. The standard InChI is InChI=1S/C14H15F3N2O/c1-9-12(13(2,3)20)8-18-19(9)11-6-4-5-10(7-11)14(15,16)17/h4-8,20H,1-3H3. The molecule has 1 N–H and O–H groups in total. The molecule has 0 unspecified atom stereocenters. The van der Waals surface area contributed by atoms with E-state index in [9.17, 15) is 18.3 Å². The van der Waals surface area contributed by atoms with Crippen molar-refractivity contribution < 1.29 is 18.3 Å². The zero-order valence-corrected chi connectivity index (χ0v) is 11.4. The van der Waals surface area contributed by atoms with Gasteiger partial charge in [0.05, 0.1) is 23.0 Å². The maximum absolute atomic E-state index is 12.7. The number of hydrogen-bond donors (Lipinski definition) is 1. The molecule has 2 aromatic rings. The number of halogens is 3. The molecule has 0 aliphatic carbocycles. The molecule has 0 spiro atoms. The third kappa shape index (κ3) is 2.70. The van der Waals surface area contributed by atoms with E-state index in [0.29, 0.717) is 16.9 Å². The van der Waals surface area contributed by atoms with E-state index in [4.69, 9.17) is 0 Å². The molecule has 0 saturated carbocycles. The highest BCUT2D eigenvalue weighted by molar-refractivity contribution is 5.39. The summed E-state index contributed by atoms with van der Waals surface area (Å²) in [6.45, 7) is 4.92. The van der Waals surface area contributed by atoms with Gasteiger partial charge in [0, 0.05) is 11.3 Å². The van der Waals surface area contributed by atoms with Crippen LogP contribution in [0.5, 0.6) is 0 Å². The van der Waals surface area contributed by atoms with Crippen molar-refractivity contribution in [2.24, 2.45) is 0 Å². The van der Waals surface area contributed by atoms with Crippen LogP contribution in [0, 0.1) is 6.92 Å². The lowest BCUT2D eigenvalue weighted by Crippen LogP contribution is -2.16. The lowest BCUT2D eigenvalue weighted by atomic mass is 10.00. The molecule has 2 rings (SSSR count). The van der Waals surface area contributed by atoms with Crippen LogP contribution in [0.2, 0.25) is 0 Å². The van der Waals surface area contributed by atoms with Crippen molar-refractivity contribution in [1.82, 2.24) is 9.78 Å². The van der Waals surface area contributed by atoms with Gasteiger partial charge in [0.1, 0.15) is 0 Å². The molecule has 3 nitrogen and oxygen atoms in total. The number of nitrogens with zero attached hydrogens (tertiary/aromatic N) is 2. The van der Waals surface area contributed by atoms with E-state index in [1.54, 1.807) is 26.8 Å². The van der Waals surface area contributed by atoms with Gasteiger partial charge in [-0.05, 0) is 39.0 Å². The van der Waals surface area contributed by atoms with Crippen molar-refractivity contribution in [1.29, 1.82) is 0 Å². The summed E-state index contributed by atoms with van der Waals surface area (Å²) in [4.78, 5) is 0. The molecule has 0 fully saturated rings. The van der Waals surface area contributed by atoms with Crippen molar-refractivity contribution in [2.75, 3.05) is 0 Å². The Bertz CT molecular complexity index is 624. The van der Waals surface area contributed by atoms with Gasteiger partial charge in [0.2, 0.25) is 0 Å². The largest absolute Gasteiger partial charge is 0.416 e. The second-order valence-electron chi connectivity index (χ2n) is 5.16. The quantitative estimate of drug-likeness (QED) is 0.917. The summed E-state index contributed by atoms with van der Waals surface area (Å²) in [7, 11) is 0. The Hall–Kier alpha value is -1.82. The van der Waals surface area contributed by atoms with Gasteiger partial charge in [0.15, 0.2) is 0 Å². The number of hydrogen-bond acceptors (Lipinski definition) is 2. The minimum Gasteiger partial charge on any atom is -0.386 e. The topological polar surface area (TPSA) is 38.1 Å². The fourth-order valence-electron chi connectivity index (χ4n) is 2.08. The van der Waals surface area contributed by atoms with Crippen molar-refractivity contribution in [3.8, 4) is 5.69 Å². The molecule has 108 valence electrons. The van der Waals surface area contributed by atoms with E-state index in [0.717, 1.165) is 12.1 Å². The summed E-state index contributed by atoms with van der Waals surface area (Å²) >= 11 is 0. The summed E-state index contributed by atoms with van der Waals surface area (Å²) in [5.41, 5.74) is -0.321. The first-order valence-electron chi connectivity index (χ1n) is 6.06. The van der Waals surface area contributed by atoms with Gasteiger partial charge in [-0.2, -0.15) is 18.3 Å². The van der Waals surface area contributed by atoms with Crippen molar-refractivity contribution in [3.05, 3.63) is 47.3 Å². The van der Waals surface area contributed by atoms with Gasteiger partial charge >= 0.3 is 6.18 Å². The van der Waals surface area contributed by atoms with Crippen molar-refractivity contribution in [2.45, 2.75) is 32.5 Å². The Morgan fingerprint density at radius 2 is 1.85 bits per heavy atom. The molecule has 0 radical (unpaired) electrons. The molecule has 0 amide bonds. The molecule has 0 aliphatic heterocycles. The molecule has 0 aliphatic rings. The van der Waals surface area contributed by atoms with Gasteiger partial charge in [-0.1, -0.05) is 6.07 Å². The molecule has 0 bridgehead atoms. The van der Waals surface area contributed by atoms with E-state index in [1.165, 1.54) is 16.9 Å². The summed E-state index contributed by atoms with van der Waals surface area (Å²) in [6, 6.07) is 4.93. The van der Waals surface area contributed by atoms with Crippen LogP contribution in [0.15, 0.2) is 30.5 Å². The molecular formula is C14H15F3N2O. The van der Waals surface area contributed by atoms with E-state index in [2.05, 4.69) is 5.10 Å². The monoisotopic (exact) mass is 284 g/mol. The number of aromatic nitrogens is 2. The SMILES string of the molecule is Cc1c(C(C)(C)O)cnn1-c1cccc(C(F)(F)F)c1. The highest BCUT2D eigenvalue weighted by Crippen LogP contribution is 2.31. The third-order valence-electron chi connectivity index (χ3n) is 3.09. The number of benzene rings is 1. The molecule has 1 aromatic carbocycles. The Morgan fingerprint density at radius 3 is 2.35 bits per heavy atom. The summed E-state index contributed by atoms with van der Waals surface area (Å²) in [6.07, 6.45) is -2.92. The predicted octanol–water partition coefficient (Wildman–Crippen LogP) is 3.43. The van der Waals surface area contributed by atoms with Gasteiger partial charge in [-0.25, -0.2) is 4.68 Å². The molecular weight excluding hydrogens is 269 g/mol. The van der Waals surface area contributed by atoms with Crippen molar-refractivity contribution in [3.63, 3.8) is 0 Å². The Labute approximate surface area is 114 Å². The minimum absolute atomic E-state index is 0.313. The maximum atomic E-state index is 12.7. The van der Waals surface area contributed by atoms with E-state index < -0.39 is 17.3 Å². The highest BCUT2D eigenvalue weighted by atomic mass is 19.4. The molecule has 1 heterocycles. The normalized spacial score (nSPS) is 12.8. The first kappa shape index (κ1) is 14.6. The van der Waals surface area contributed by atoms with E-state index >= 15 is 0 Å². The Kier molecular flexibility index (Phi) is 3.37. The lowest BCUT2D eigenvalue weighted by molar-refractivity contribution is -0.137. The van der Waals surface area contributed by atoms with Gasteiger partial charge in [-0.3, -0.25) is 0 Å². The number of rotatable bonds is 2. The molecule has 0 atom stereocenters. The van der Waals surface area contributed by atoms with Gasteiger partial charge in [-0.15, -0.1) is 0 Å². The number of aliphatic hydroxyl groups is 1. The smallest absolute Gasteiger partial charge is 0.386 e. The summed E-state index contributed by atoms with van der Waals surface area (Å²) < 4.78 is 39.5. The van der Waals surface area contributed by atoms with Crippen LogP contribution in [0.3, 0.4) is 0 Å². The highest BCUT2D eigenvalue weighted by Gasteiger charge is 2.31. The van der Waals surface area contributed by atoms with Crippen LogP contribution < -0.4 is 0 Å². The van der Waals surface area contributed by atoms with Crippen LogP contribution in [-0.2, 0) is 11.8 Å². The third-order valence-corrected chi connectivity index (χ3v) is 3.09. The number of alkyl halides is 3. The van der Waals surface area contributed by atoms with Crippen LogP contribution in [0.4, 0.5) is 13.2 Å². The van der Waals surface area contributed by atoms with Crippen molar-refractivity contribution >= 4 is 0 Å². The van der Waals surface area contributed by atoms with Crippen LogP contribution in [-0.4, -0.2) is 14.9 Å². The maximum Gasteiger partial charge on any atom is 0.416 e. The first-order chi connectivity index (χ1) is 9.10. The fraction of sp³-hybridized carbons (Fsp3) is 0.357. The van der Waals surface area contributed by atoms with E-state index in [1.807, 2.05) is 0 Å². The fourth-order valence-corrected chi connectivity index (χ4v) is 2.08. The summed E-state index contributed by atoms with van der Waals surface area (Å²) in [5.74, 6) is 0. The van der Waals surface area contributed by atoms with E-state index in [-0.39, 0.29) is 0 Å². The lowest BCUT2D eigenvalue weighted by Gasteiger charge is -2.17. The Balaban J connectivity index is 2.51. The second kappa shape index (κ2) is 4.63. The minimum atomic E-state index is -4.39. The summed E-state index contributed by atoms with van der Waals surface area (Å²) in [5, 5.41) is 14.0. The van der Waals surface area contributed by atoms with Crippen LogP contribution >= 0.6 is 0 Å². The van der Waals surface area contributed by atoms with Crippen LogP contribution in [0.1, 0.15) is 30.7 Å². The first-order valence-corrected chi connectivity index (χ1v) is 6.06. The molecule has 0 saturated heterocycles. The average Bonchev–Trinajstić information content (AvgIpc) is 2.70. The molecule has 1 aromatic heterocycles. The molecule has 6 heteroatoms. The average molecular weight is 284 g/mol. The second-order valence-corrected chi connectivity index (χ2v) is 5.16.